The van der Waals surface area contributed by atoms with Crippen molar-refractivity contribution in [2.24, 2.45) is 10.9 Å². The molecular weight excluding hydrogens is 507 g/mol. The highest BCUT2D eigenvalue weighted by molar-refractivity contribution is 14.0. The average Bonchev–Trinajstić information content (AvgIpc) is 3.24. The summed E-state index contributed by atoms with van der Waals surface area (Å²) < 4.78 is 0. The maximum Gasteiger partial charge on any atom is 0.253 e. The lowest BCUT2D eigenvalue weighted by molar-refractivity contribution is 0.0773. The van der Waals surface area contributed by atoms with E-state index < -0.39 is 0 Å². The average molecular weight is 543 g/mol. The Labute approximate surface area is 202 Å². The van der Waals surface area contributed by atoms with E-state index in [1.54, 1.807) is 0 Å². The minimum absolute atomic E-state index is 0. The van der Waals surface area contributed by atoms with Gasteiger partial charge < -0.3 is 15.5 Å². The highest BCUT2D eigenvalue weighted by atomic mass is 127. The molecule has 166 valence electrons. The van der Waals surface area contributed by atoms with Crippen molar-refractivity contribution in [3.05, 3.63) is 57.8 Å². The van der Waals surface area contributed by atoms with E-state index in [2.05, 4.69) is 42.0 Å². The van der Waals surface area contributed by atoms with Crippen LogP contribution in [0.25, 0.3) is 0 Å². The third kappa shape index (κ3) is 8.63. The summed E-state index contributed by atoms with van der Waals surface area (Å²) in [6.07, 6.45) is 1.08. The number of carbonyl (C=O) groups is 1. The number of rotatable bonds is 10. The number of nitrogens with one attached hydrogen (secondary N) is 2. The number of aliphatic imine (C=N–C) groups is 1. The summed E-state index contributed by atoms with van der Waals surface area (Å²) >= 11 is 1.81. The van der Waals surface area contributed by atoms with E-state index in [0.717, 1.165) is 49.7 Å². The molecule has 1 unspecified atom stereocenters. The number of benzene rings is 1. The summed E-state index contributed by atoms with van der Waals surface area (Å²) in [5.74, 6) is 1.44. The minimum Gasteiger partial charge on any atom is -0.357 e. The van der Waals surface area contributed by atoms with Crippen molar-refractivity contribution >= 4 is 47.2 Å². The molecule has 2 rings (SSSR count). The molecule has 0 aliphatic carbocycles. The van der Waals surface area contributed by atoms with Crippen molar-refractivity contribution in [1.29, 1.82) is 0 Å². The molecule has 7 heteroatoms. The Bertz CT molecular complexity index is 758. The number of carbonyl (C=O) groups excluding carboxylic acids is 1. The fourth-order valence-corrected chi connectivity index (χ4v) is 3.94. The molecule has 1 amide bonds. The molecule has 1 atom stereocenters. The maximum atomic E-state index is 12.4. The lowest BCUT2D eigenvalue weighted by atomic mass is 10.1. The van der Waals surface area contributed by atoms with Crippen molar-refractivity contribution in [2.45, 2.75) is 40.7 Å². The molecule has 2 aromatic rings. The number of halogens is 1. The molecule has 0 fully saturated rings. The van der Waals surface area contributed by atoms with Crippen LogP contribution < -0.4 is 10.6 Å². The molecule has 1 aromatic carbocycles. The quantitative estimate of drug-likeness (QED) is 0.258. The third-order valence-corrected chi connectivity index (χ3v) is 5.66. The molecule has 30 heavy (non-hydrogen) atoms. The predicted octanol–water partition coefficient (Wildman–Crippen LogP) is 4.78. The molecule has 0 radical (unpaired) electrons. The first kappa shape index (κ1) is 26.4. The van der Waals surface area contributed by atoms with Crippen molar-refractivity contribution in [2.75, 3.05) is 26.2 Å². The van der Waals surface area contributed by atoms with Crippen LogP contribution in [0.4, 0.5) is 0 Å². The molecule has 1 aromatic heterocycles. The van der Waals surface area contributed by atoms with E-state index in [9.17, 15) is 4.79 Å². The van der Waals surface area contributed by atoms with Crippen LogP contribution in [-0.4, -0.2) is 42.9 Å². The second-order valence-electron chi connectivity index (χ2n) is 7.14. The van der Waals surface area contributed by atoms with Gasteiger partial charge in [0.2, 0.25) is 0 Å². The topological polar surface area (TPSA) is 56.7 Å². The fraction of sp³-hybridized carbons (Fsp3) is 0.478. The van der Waals surface area contributed by atoms with Gasteiger partial charge >= 0.3 is 0 Å². The first-order valence-electron chi connectivity index (χ1n) is 10.5. The lowest BCUT2D eigenvalue weighted by Gasteiger charge is -2.18. The third-order valence-electron chi connectivity index (χ3n) is 4.76. The Balaban J connectivity index is 0.00000450. The Morgan fingerprint density at radius 3 is 2.37 bits per heavy atom. The van der Waals surface area contributed by atoms with Crippen molar-refractivity contribution in [3.8, 4) is 0 Å². The first-order valence-corrected chi connectivity index (χ1v) is 11.4. The van der Waals surface area contributed by atoms with Crippen LogP contribution in [0, 0.1) is 5.92 Å². The summed E-state index contributed by atoms with van der Waals surface area (Å²) in [5.41, 5.74) is 1.82. The van der Waals surface area contributed by atoms with E-state index >= 15 is 0 Å². The van der Waals surface area contributed by atoms with Gasteiger partial charge in [0.15, 0.2) is 5.96 Å². The molecule has 0 bridgehead atoms. The summed E-state index contributed by atoms with van der Waals surface area (Å²) in [4.78, 5) is 20.4. The number of nitrogens with zero attached hydrogens (tertiary/aromatic N) is 2. The van der Waals surface area contributed by atoms with Crippen LogP contribution in [0.5, 0.6) is 0 Å². The van der Waals surface area contributed by atoms with Crippen molar-refractivity contribution in [3.63, 3.8) is 0 Å². The van der Waals surface area contributed by atoms with Gasteiger partial charge in [0.25, 0.3) is 5.91 Å². The molecule has 1 heterocycles. The van der Waals surface area contributed by atoms with E-state index in [1.807, 2.05) is 54.3 Å². The molecule has 0 aliphatic heterocycles. The van der Waals surface area contributed by atoms with Crippen LogP contribution in [0.3, 0.4) is 0 Å². The number of hydrogen-bond acceptors (Lipinski definition) is 3. The van der Waals surface area contributed by atoms with Gasteiger partial charge in [-0.25, -0.2) is 4.99 Å². The SMILES string of the molecule is CCNC(=NCc1ccc(C(=O)N(CC)CC)cc1)NCC(C)Cc1cccs1.I. The van der Waals surface area contributed by atoms with Crippen LogP contribution >= 0.6 is 35.3 Å². The molecule has 0 saturated carbocycles. The van der Waals surface area contributed by atoms with Crippen LogP contribution in [-0.2, 0) is 13.0 Å². The lowest BCUT2D eigenvalue weighted by Crippen LogP contribution is -2.39. The zero-order valence-electron chi connectivity index (χ0n) is 18.5. The zero-order valence-corrected chi connectivity index (χ0v) is 21.6. The first-order chi connectivity index (χ1) is 14.1. The van der Waals surface area contributed by atoms with E-state index in [0.29, 0.717) is 12.5 Å². The smallest absolute Gasteiger partial charge is 0.253 e. The zero-order chi connectivity index (χ0) is 21.1. The Kier molecular flexibility index (Phi) is 12.7. The highest BCUT2D eigenvalue weighted by Crippen LogP contribution is 2.14. The van der Waals surface area contributed by atoms with Gasteiger partial charge in [0.1, 0.15) is 0 Å². The summed E-state index contributed by atoms with van der Waals surface area (Å²) in [7, 11) is 0. The molecule has 0 spiro atoms. The molecule has 2 N–H and O–H groups in total. The fourth-order valence-electron chi connectivity index (χ4n) is 3.07. The number of thiophene rings is 1. The molecule has 0 aliphatic rings. The van der Waals surface area contributed by atoms with E-state index in [4.69, 9.17) is 4.99 Å². The number of hydrogen-bond donors (Lipinski definition) is 2. The normalized spacial score (nSPS) is 12.1. The number of guanidine groups is 1. The van der Waals surface area contributed by atoms with Gasteiger partial charge in [-0.1, -0.05) is 25.1 Å². The molecule has 5 nitrogen and oxygen atoms in total. The van der Waals surface area contributed by atoms with Gasteiger partial charge in [-0.3, -0.25) is 4.79 Å². The largest absolute Gasteiger partial charge is 0.357 e. The second-order valence-corrected chi connectivity index (χ2v) is 8.17. The van der Waals surface area contributed by atoms with Crippen molar-refractivity contribution in [1.82, 2.24) is 15.5 Å². The second kappa shape index (κ2) is 14.4. The van der Waals surface area contributed by atoms with Gasteiger partial charge in [0, 0.05) is 36.6 Å². The Hall–Kier alpha value is -1.61. The van der Waals surface area contributed by atoms with Gasteiger partial charge in [-0.2, -0.15) is 0 Å². The monoisotopic (exact) mass is 542 g/mol. The molecular formula is C23H35IN4OS. The summed E-state index contributed by atoms with van der Waals surface area (Å²) in [6, 6.07) is 12.1. The summed E-state index contributed by atoms with van der Waals surface area (Å²) in [5, 5.41) is 8.88. The number of amides is 1. The van der Waals surface area contributed by atoms with Crippen molar-refractivity contribution < 1.29 is 4.79 Å². The van der Waals surface area contributed by atoms with Gasteiger partial charge in [-0.15, -0.1) is 35.3 Å². The highest BCUT2D eigenvalue weighted by Gasteiger charge is 2.12. The molecule has 0 saturated heterocycles. The van der Waals surface area contributed by atoms with Crippen LogP contribution in [0.2, 0.25) is 0 Å². The van der Waals surface area contributed by atoms with E-state index in [1.165, 1.54) is 4.88 Å². The predicted molar refractivity (Wildman–Crippen MR) is 139 cm³/mol. The van der Waals surface area contributed by atoms with Gasteiger partial charge in [0.05, 0.1) is 6.54 Å². The standard InChI is InChI=1S/C23H34N4OS.HI/c1-5-24-23(25-16-18(4)15-21-9-8-14-29-21)26-17-19-10-12-20(13-11-19)22(28)27(6-2)7-3;/h8-14,18H,5-7,15-17H2,1-4H3,(H2,24,25,26);1H. The summed E-state index contributed by atoms with van der Waals surface area (Å²) in [6.45, 7) is 12.1. The minimum atomic E-state index is 0. The van der Waals surface area contributed by atoms with Crippen LogP contribution in [0.15, 0.2) is 46.8 Å². The Morgan fingerprint density at radius 1 is 1.10 bits per heavy atom. The Morgan fingerprint density at radius 2 is 1.80 bits per heavy atom. The van der Waals surface area contributed by atoms with Gasteiger partial charge in [-0.05, 0) is 62.3 Å². The van der Waals surface area contributed by atoms with E-state index in [-0.39, 0.29) is 29.9 Å². The maximum absolute atomic E-state index is 12.4. The van der Waals surface area contributed by atoms with Crippen LogP contribution in [0.1, 0.15) is 48.5 Å².